The molecule has 3 amide bonds. The van der Waals surface area contributed by atoms with Gasteiger partial charge in [-0.25, -0.2) is 4.79 Å². The second-order valence-electron chi connectivity index (χ2n) is 7.59. The summed E-state index contributed by atoms with van der Waals surface area (Å²) >= 11 is 0. The quantitative estimate of drug-likeness (QED) is 0.595. The maximum Gasteiger partial charge on any atom is 0.413 e. The van der Waals surface area contributed by atoms with Crippen LogP contribution in [0.4, 0.5) is 16.2 Å². The van der Waals surface area contributed by atoms with Crippen molar-refractivity contribution in [1.29, 1.82) is 0 Å². The molecule has 0 heterocycles. The molecule has 0 bridgehead atoms. The Kier molecular flexibility index (Phi) is 9.08. The van der Waals surface area contributed by atoms with Gasteiger partial charge in [-0.3, -0.25) is 14.5 Å². The van der Waals surface area contributed by atoms with Crippen molar-refractivity contribution >= 4 is 29.3 Å². The Hall–Kier alpha value is -3.75. The molecular formula is C24H31N3O6. The Bertz CT molecular complexity index is 952. The maximum atomic E-state index is 12.9. The van der Waals surface area contributed by atoms with E-state index in [0.717, 1.165) is 0 Å². The SMILES string of the molecule is CCOC(=O)N(C)c1ccc(NC(=O)C(NC(=O)c2cc(OC)cc(OC)c2)C(C)C)cc1. The standard InChI is InChI=1S/C24H31N3O6/c1-7-33-24(30)27(4)18-10-8-17(9-11-18)25-23(29)21(15(2)3)26-22(28)16-12-19(31-5)14-20(13-16)32-6/h8-15,21H,7H2,1-6H3,(H,25,29)(H,26,28). The number of carbonyl (C=O) groups is 3. The summed E-state index contributed by atoms with van der Waals surface area (Å²) in [5.41, 5.74) is 1.46. The van der Waals surface area contributed by atoms with Gasteiger partial charge in [0.1, 0.15) is 17.5 Å². The molecule has 1 unspecified atom stereocenters. The van der Waals surface area contributed by atoms with Gasteiger partial charge in [-0.2, -0.15) is 0 Å². The van der Waals surface area contributed by atoms with E-state index in [-0.39, 0.29) is 18.4 Å². The number of carbonyl (C=O) groups excluding carboxylic acids is 3. The van der Waals surface area contributed by atoms with Crippen molar-refractivity contribution in [2.24, 2.45) is 5.92 Å². The molecule has 9 nitrogen and oxygen atoms in total. The molecule has 0 saturated carbocycles. The number of nitrogens with zero attached hydrogens (tertiary/aromatic N) is 1. The number of hydrogen-bond donors (Lipinski definition) is 2. The lowest BCUT2D eigenvalue weighted by atomic mass is 10.0. The predicted octanol–water partition coefficient (Wildman–Crippen LogP) is 3.69. The zero-order chi connectivity index (χ0) is 24.5. The normalized spacial score (nSPS) is 11.4. The molecule has 0 aliphatic rings. The van der Waals surface area contributed by atoms with Gasteiger partial charge in [0.05, 0.1) is 20.8 Å². The van der Waals surface area contributed by atoms with Crippen LogP contribution in [0.3, 0.4) is 0 Å². The predicted molar refractivity (Wildman–Crippen MR) is 126 cm³/mol. The first-order chi connectivity index (χ1) is 15.7. The fourth-order valence-electron chi connectivity index (χ4n) is 3.01. The van der Waals surface area contributed by atoms with E-state index < -0.39 is 18.0 Å². The Morgan fingerprint density at radius 3 is 2.03 bits per heavy atom. The third-order valence-electron chi connectivity index (χ3n) is 4.91. The van der Waals surface area contributed by atoms with Gasteiger partial charge in [-0.1, -0.05) is 13.8 Å². The Morgan fingerprint density at radius 2 is 1.55 bits per heavy atom. The first-order valence-electron chi connectivity index (χ1n) is 10.6. The Labute approximate surface area is 194 Å². The molecule has 0 spiro atoms. The van der Waals surface area contributed by atoms with Crippen LogP contribution in [-0.4, -0.2) is 51.8 Å². The molecule has 2 rings (SSSR count). The fourth-order valence-corrected chi connectivity index (χ4v) is 3.01. The average Bonchev–Trinajstić information content (AvgIpc) is 2.81. The number of nitrogens with one attached hydrogen (secondary N) is 2. The van der Waals surface area contributed by atoms with Gasteiger partial charge in [0, 0.05) is 30.1 Å². The monoisotopic (exact) mass is 457 g/mol. The third-order valence-corrected chi connectivity index (χ3v) is 4.91. The first kappa shape index (κ1) is 25.5. The van der Waals surface area contributed by atoms with E-state index in [9.17, 15) is 14.4 Å². The zero-order valence-electron chi connectivity index (χ0n) is 19.8. The van der Waals surface area contributed by atoms with E-state index in [1.54, 1.807) is 56.4 Å². The van der Waals surface area contributed by atoms with Gasteiger partial charge in [0.2, 0.25) is 5.91 Å². The van der Waals surface area contributed by atoms with E-state index in [0.29, 0.717) is 28.4 Å². The summed E-state index contributed by atoms with van der Waals surface area (Å²) in [5, 5.41) is 5.59. The number of anilines is 2. The molecule has 0 aliphatic heterocycles. The minimum absolute atomic E-state index is 0.171. The van der Waals surface area contributed by atoms with Crippen molar-refractivity contribution in [2.75, 3.05) is 38.1 Å². The summed E-state index contributed by atoms with van der Waals surface area (Å²) in [6, 6.07) is 10.8. The highest BCUT2D eigenvalue weighted by Crippen LogP contribution is 2.23. The second kappa shape index (κ2) is 11.8. The molecule has 178 valence electrons. The van der Waals surface area contributed by atoms with Crippen LogP contribution in [0.15, 0.2) is 42.5 Å². The molecule has 2 N–H and O–H groups in total. The zero-order valence-corrected chi connectivity index (χ0v) is 19.8. The van der Waals surface area contributed by atoms with Crippen molar-refractivity contribution < 1.29 is 28.6 Å². The Balaban J connectivity index is 2.11. The Morgan fingerprint density at radius 1 is 0.970 bits per heavy atom. The number of amides is 3. The van der Waals surface area contributed by atoms with Gasteiger partial charge in [0.15, 0.2) is 0 Å². The molecule has 33 heavy (non-hydrogen) atoms. The van der Waals surface area contributed by atoms with Crippen LogP contribution >= 0.6 is 0 Å². The highest BCUT2D eigenvalue weighted by Gasteiger charge is 2.25. The molecule has 0 aromatic heterocycles. The minimum Gasteiger partial charge on any atom is -0.497 e. The lowest BCUT2D eigenvalue weighted by molar-refractivity contribution is -0.118. The number of rotatable bonds is 9. The van der Waals surface area contributed by atoms with Crippen molar-refractivity contribution in [3.8, 4) is 11.5 Å². The molecular weight excluding hydrogens is 426 g/mol. The molecule has 9 heteroatoms. The topological polar surface area (TPSA) is 106 Å². The van der Waals surface area contributed by atoms with Crippen LogP contribution in [0.5, 0.6) is 11.5 Å². The van der Waals surface area contributed by atoms with E-state index in [4.69, 9.17) is 14.2 Å². The van der Waals surface area contributed by atoms with Gasteiger partial charge >= 0.3 is 6.09 Å². The largest absolute Gasteiger partial charge is 0.497 e. The molecule has 2 aromatic rings. The van der Waals surface area contributed by atoms with Crippen molar-refractivity contribution in [3.63, 3.8) is 0 Å². The summed E-state index contributed by atoms with van der Waals surface area (Å²) in [7, 11) is 4.59. The number of benzene rings is 2. The van der Waals surface area contributed by atoms with E-state index in [1.165, 1.54) is 19.1 Å². The number of hydrogen-bond acceptors (Lipinski definition) is 6. The van der Waals surface area contributed by atoms with Gasteiger partial charge in [0.25, 0.3) is 5.91 Å². The lowest BCUT2D eigenvalue weighted by Gasteiger charge is -2.22. The van der Waals surface area contributed by atoms with Crippen LogP contribution < -0.4 is 25.0 Å². The number of ether oxygens (including phenoxy) is 3. The summed E-state index contributed by atoms with van der Waals surface area (Å²) < 4.78 is 15.4. The van der Waals surface area contributed by atoms with E-state index in [1.807, 2.05) is 13.8 Å². The van der Waals surface area contributed by atoms with Crippen LogP contribution in [-0.2, 0) is 9.53 Å². The summed E-state index contributed by atoms with van der Waals surface area (Å²) in [6.45, 7) is 5.70. The highest BCUT2D eigenvalue weighted by atomic mass is 16.6. The first-order valence-corrected chi connectivity index (χ1v) is 10.6. The molecule has 0 saturated heterocycles. The van der Waals surface area contributed by atoms with Crippen LogP contribution in [0.25, 0.3) is 0 Å². The van der Waals surface area contributed by atoms with Crippen LogP contribution in [0.2, 0.25) is 0 Å². The average molecular weight is 458 g/mol. The molecule has 1 atom stereocenters. The van der Waals surface area contributed by atoms with E-state index >= 15 is 0 Å². The third kappa shape index (κ3) is 6.86. The summed E-state index contributed by atoms with van der Waals surface area (Å²) in [4.78, 5) is 39.0. The lowest BCUT2D eigenvalue weighted by Crippen LogP contribution is -2.47. The van der Waals surface area contributed by atoms with Crippen molar-refractivity contribution in [3.05, 3.63) is 48.0 Å². The summed E-state index contributed by atoms with van der Waals surface area (Å²) in [6.07, 6.45) is -0.467. The van der Waals surface area contributed by atoms with Crippen molar-refractivity contribution in [2.45, 2.75) is 26.8 Å². The van der Waals surface area contributed by atoms with Crippen molar-refractivity contribution in [1.82, 2.24) is 5.32 Å². The summed E-state index contributed by atoms with van der Waals surface area (Å²) in [5.74, 6) is -0.0151. The van der Waals surface area contributed by atoms with Crippen LogP contribution in [0.1, 0.15) is 31.1 Å². The fraction of sp³-hybridized carbons (Fsp3) is 0.375. The van der Waals surface area contributed by atoms with Gasteiger partial charge in [-0.05, 0) is 49.2 Å². The van der Waals surface area contributed by atoms with Crippen LogP contribution in [0, 0.1) is 5.92 Å². The molecule has 0 fully saturated rings. The highest BCUT2D eigenvalue weighted by molar-refractivity contribution is 6.01. The molecule has 2 aromatic carbocycles. The minimum atomic E-state index is -0.781. The number of methoxy groups -OCH3 is 2. The molecule has 0 aliphatic carbocycles. The maximum absolute atomic E-state index is 12.9. The van der Waals surface area contributed by atoms with Gasteiger partial charge < -0.3 is 24.8 Å². The van der Waals surface area contributed by atoms with Gasteiger partial charge in [-0.15, -0.1) is 0 Å². The van der Waals surface area contributed by atoms with E-state index in [2.05, 4.69) is 10.6 Å². The second-order valence-corrected chi connectivity index (χ2v) is 7.59. The smallest absolute Gasteiger partial charge is 0.413 e. The molecule has 0 radical (unpaired) electrons.